The predicted octanol–water partition coefficient (Wildman–Crippen LogP) is 1.82. The molecule has 0 amide bonds. The molecule has 0 bridgehead atoms. The van der Waals surface area contributed by atoms with Crippen molar-refractivity contribution in [3.63, 3.8) is 0 Å². The van der Waals surface area contributed by atoms with E-state index >= 15 is 0 Å². The van der Waals surface area contributed by atoms with E-state index in [-0.39, 0.29) is 0 Å². The molecule has 0 aromatic rings. The average Bonchev–Trinajstić information content (AvgIpc) is 1.97. The van der Waals surface area contributed by atoms with Gasteiger partial charge in [0.2, 0.25) is 0 Å². The van der Waals surface area contributed by atoms with Gasteiger partial charge >= 0.3 is 0 Å². The Kier molecular flexibility index (Phi) is 5.53. The first-order chi connectivity index (χ1) is 5.20. The second-order valence-electron chi connectivity index (χ2n) is 2.89. The lowest BCUT2D eigenvalue weighted by atomic mass is 10.1. The first kappa shape index (κ1) is 10.2. The minimum absolute atomic E-state index is 0.886. The van der Waals surface area contributed by atoms with Crippen molar-refractivity contribution in [2.24, 2.45) is 0 Å². The summed E-state index contributed by atoms with van der Waals surface area (Å²) >= 11 is 0. The van der Waals surface area contributed by atoms with Gasteiger partial charge < -0.3 is 4.90 Å². The number of allylic oxidation sites excluding steroid dienone is 1. The Morgan fingerprint density at radius 3 is 2.45 bits per heavy atom. The largest absolute Gasteiger partial charge is 0.383 e. The molecule has 0 aromatic heterocycles. The molecule has 2 heteroatoms. The van der Waals surface area contributed by atoms with Crippen molar-refractivity contribution in [2.45, 2.75) is 26.2 Å². The molecule has 0 fully saturated rings. The Morgan fingerprint density at radius 1 is 1.45 bits per heavy atom. The average molecular weight is 155 g/mol. The standard InChI is InChI=1S/C9H17NO/c1-4-5-6-9(8-11)7-10(2)3/h7-8H,4-6H2,1-3H3/b9-7-. The molecule has 0 N–H and O–H groups in total. The molecule has 64 valence electrons. The highest BCUT2D eigenvalue weighted by Crippen LogP contribution is 2.04. The summed E-state index contributed by atoms with van der Waals surface area (Å²) < 4.78 is 0. The van der Waals surface area contributed by atoms with Crippen molar-refractivity contribution in [3.8, 4) is 0 Å². The summed E-state index contributed by atoms with van der Waals surface area (Å²) in [5.41, 5.74) is 0.886. The van der Waals surface area contributed by atoms with Crippen LogP contribution in [0.4, 0.5) is 0 Å². The summed E-state index contributed by atoms with van der Waals surface area (Å²) in [5.74, 6) is 0. The quantitative estimate of drug-likeness (QED) is 0.446. The summed E-state index contributed by atoms with van der Waals surface area (Å²) in [4.78, 5) is 12.4. The summed E-state index contributed by atoms with van der Waals surface area (Å²) in [6.45, 7) is 2.12. The van der Waals surface area contributed by atoms with Crippen LogP contribution >= 0.6 is 0 Å². The smallest absolute Gasteiger partial charge is 0.147 e. The van der Waals surface area contributed by atoms with Crippen LogP contribution in [-0.4, -0.2) is 25.3 Å². The van der Waals surface area contributed by atoms with Crippen LogP contribution in [0.3, 0.4) is 0 Å². The lowest BCUT2D eigenvalue weighted by molar-refractivity contribution is -0.105. The molecule has 2 nitrogen and oxygen atoms in total. The van der Waals surface area contributed by atoms with Gasteiger partial charge in [-0.25, -0.2) is 0 Å². The first-order valence-corrected chi connectivity index (χ1v) is 4.03. The van der Waals surface area contributed by atoms with Crippen LogP contribution in [0.25, 0.3) is 0 Å². The van der Waals surface area contributed by atoms with Gasteiger partial charge in [0.15, 0.2) is 0 Å². The fraction of sp³-hybridized carbons (Fsp3) is 0.667. The fourth-order valence-electron chi connectivity index (χ4n) is 0.866. The van der Waals surface area contributed by atoms with E-state index in [1.54, 1.807) is 0 Å². The molecular formula is C9H17NO. The van der Waals surface area contributed by atoms with E-state index in [0.29, 0.717) is 0 Å². The van der Waals surface area contributed by atoms with Gasteiger partial charge in [-0.05, 0) is 12.8 Å². The van der Waals surface area contributed by atoms with E-state index < -0.39 is 0 Å². The maximum atomic E-state index is 10.5. The number of carbonyl (C=O) groups excluding carboxylic acids is 1. The number of carbonyl (C=O) groups is 1. The van der Waals surface area contributed by atoms with Gasteiger partial charge in [0.1, 0.15) is 6.29 Å². The van der Waals surface area contributed by atoms with Crippen LogP contribution in [-0.2, 0) is 4.79 Å². The van der Waals surface area contributed by atoms with Crippen LogP contribution in [0.15, 0.2) is 11.8 Å². The molecule has 0 aliphatic rings. The van der Waals surface area contributed by atoms with Gasteiger partial charge in [0, 0.05) is 25.9 Å². The SMILES string of the molecule is CCCC/C(C=O)=C/N(C)C. The van der Waals surface area contributed by atoms with Gasteiger partial charge in [-0.3, -0.25) is 4.79 Å². The van der Waals surface area contributed by atoms with Gasteiger partial charge in [-0.1, -0.05) is 13.3 Å². The van der Waals surface area contributed by atoms with Crippen LogP contribution in [0, 0.1) is 0 Å². The first-order valence-electron chi connectivity index (χ1n) is 4.03. The molecule has 0 spiro atoms. The molecule has 0 heterocycles. The van der Waals surface area contributed by atoms with E-state index in [2.05, 4.69) is 6.92 Å². The third-order valence-electron chi connectivity index (χ3n) is 1.39. The van der Waals surface area contributed by atoms with Gasteiger partial charge in [0.05, 0.1) is 0 Å². The minimum Gasteiger partial charge on any atom is -0.383 e. The lowest BCUT2D eigenvalue weighted by Crippen LogP contribution is -2.03. The van der Waals surface area contributed by atoms with E-state index in [1.165, 1.54) is 0 Å². The summed E-state index contributed by atoms with van der Waals surface area (Å²) in [6.07, 6.45) is 5.95. The Bertz CT molecular complexity index is 138. The topological polar surface area (TPSA) is 20.3 Å². The third-order valence-corrected chi connectivity index (χ3v) is 1.39. The molecule has 0 radical (unpaired) electrons. The van der Waals surface area contributed by atoms with Crippen molar-refractivity contribution in [1.82, 2.24) is 4.90 Å². The number of nitrogens with zero attached hydrogens (tertiary/aromatic N) is 1. The normalized spacial score (nSPS) is 11.4. The van der Waals surface area contributed by atoms with Crippen LogP contribution in [0.5, 0.6) is 0 Å². The van der Waals surface area contributed by atoms with Gasteiger partial charge in [-0.15, -0.1) is 0 Å². The lowest BCUT2D eigenvalue weighted by Gasteiger charge is -2.06. The van der Waals surface area contributed by atoms with Crippen LogP contribution < -0.4 is 0 Å². The highest BCUT2D eigenvalue weighted by atomic mass is 16.1. The maximum absolute atomic E-state index is 10.5. The molecule has 0 atom stereocenters. The Labute approximate surface area is 68.9 Å². The fourth-order valence-corrected chi connectivity index (χ4v) is 0.866. The van der Waals surface area contributed by atoms with E-state index in [0.717, 1.165) is 31.1 Å². The Morgan fingerprint density at radius 2 is 2.09 bits per heavy atom. The number of unbranched alkanes of at least 4 members (excludes halogenated alkanes) is 1. The minimum atomic E-state index is 0.886. The van der Waals surface area contributed by atoms with Crippen molar-refractivity contribution in [3.05, 3.63) is 11.8 Å². The molecule has 0 rings (SSSR count). The van der Waals surface area contributed by atoms with E-state index in [1.807, 2.05) is 25.2 Å². The summed E-state index contributed by atoms with van der Waals surface area (Å²) in [5, 5.41) is 0. The van der Waals surface area contributed by atoms with Crippen molar-refractivity contribution < 1.29 is 4.79 Å². The molecule has 0 aliphatic carbocycles. The Balaban J connectivity index is 3.84. The van der Waals surface area contributed by atoms with Crippen molar-refractivity contribution >= 4 is 6.29 Å². The molecule has 0 aliphatic heterocycles. The van der Waals surface area contributed by atoms with Gasteiger partial charge in [0.25, 0.3) is 0 Å². The predicted molar refractivity (Wildman–Crippen MR) is 47.4 cm³/mol. The van der Waals surface area contributed by atoms with Crippen molar-refractivity contribution in [1.29, 1.82) is 0 Å². The highest BCUT2D eigenvalue weighted by Gasteiger charge is 1.94. The molecule has 0 aromatic carbocycles. The van der Waals surface area contributed by atoms with Crippen molar-refractivity contribution in [2.75, 3.05) is 14.1 Å². The van der Waals surface area contributed by atoms with Crippen LogP contribution in [0.2, 0.25) is 0 Å². The second kappa shape index (κ2) is 5.96. The van der Waals surface area contributed by atoms with E-state index in [9.17, 15) is 4.79 Å². The number of rotatable bonds is 5. The third kappa shape index (κ3) is 5.64. The van der Waals surface area contributed by atoms with E-state index in [4.69, 9.17) is 0 Å². The Hall–Kier alpha value is -0.790. The summed E-state index contributed by atoms with van der Waals surface area (Å²) in [7, 11) is 3.85. The zero-order chi connectivity index (χ0) is 8.69. The molecule has 0 saturated carbocycles. The maximum Gasteiger partial charge on any atom is 0.147 e. The molecule has 0 saturated heterocycles. The monoisotopic (exact) mass is 155 g/mol. The van der Waals surface area contributed by atoms with Gasteiger partial charge in [-0.2, -0.15) is 0 Å². The summed E-state index contributed by atoms with van der Waals surface area (Å²) in [6, 6.07) is 0. The second-order valence-corrected chi connectivity index (χ2v) is 2.89. The molecule has 11 heavy (non-hydrogen) atoms. The number of aldehydes is 1. The molecule has 0 unspecified atom stereocenters. The highest BCUT2D eigenvalue weighted by molar-refractivity contribution is 5.72. The zero-order valence-electron chi connectivity index (χ0n) is 7.63. The van der Waals surface area contributed by atoms with Crippen LogP contribution in [0.1, 0.15) is 26.2 Å². The zero-order valence-corrected chi connectivity index (χ0v) is 7.63. The number of hydrogen-bond acceptors (Lipinski definition) is 2. The number of hydrogen-bond donors (Lipinski definition) is 0. The molecular weight excluding hydrogens is 138 g/mol.